The summed E-state index contributed by atoms with van der Waals surface area (Å²) in [6, 6.07) is 11.6. The number of hydrogen-bond donors (Lipinski definition) is 1. The fourth-order valence-electron chi connectivity index (χ4n) is 5.23. The number of carbonyl (C=O) groups excluding carboxylic acids is 1. The summed E-state index contributed by atoms with van der Waals surface area (Å²) in [5.74, 6) is 0.0128. The molecule has 2 aromatic heterocycles. The highest BCUT2D eigenvalue weighted by Crippen LogP contribution is 2.47. The van der Waals surface area contributed by atoms with Gasteiger partial charge in [-0.25, -0.2) is 4.79 Å². The second kappa shape index (κ2) is 9.85. The van der Waals surface area contributed by atoms with Crippen LogP contribution in [-0.4, -0.2) is 35.9 Å². The van der Waals surface area contributed by atoms with Crippen molar-refractivity contribution in [2.45, 2.75) is 38.5 Å². The van der Waals surface area contributed by atoms with Crippen LogP contribution in [0.5, 0.6) is 5.75 Å². The van der Waals surface area contributed by atoms with E-state index in [2.05, 4.69) is 4.98 Å². The van der Waals surface area contributed by atoms with Gasteiger partial charge in [0.15, 0.2) is 0 Å². The molecule has 1 aliphatic rings. The minimum Gasteiger partial charge on any atom is -0.507 e. The highest BCUT2D eigenvalue weighted by atomic mass is 16.5. The molecule has 1 saturated heterocycles. The van der Waals surface area contributed by atoms with E-state index in [-0.39, 0.29) is 18.3 Å². The van der Waals surface area contributed by atoms with E-state index < -0.39 is 5.97 Å². The molecule has 0 amide bonds. The molecule has 176 valence electrons. The number of esters is 1. The molecule has 2 atom stereocenters. The van der Waals surface area contributed by atoms with Crippen LogP contribution in [-0.2, 0) is 9.47 Å². The third kappa shape index (κ3) is 4.14. The number of fused-ring (bicyclic) bond motifs is 3. The van der Waals surface area contributed by atoms with Gasteiger partial charge in [-0.05, 0) is 56.2 Å². The Bertz CT molecular complexity index is 1290. The highest BCUT2D eigenvalue weighted by molar-refractivity contribution is 6.16. The lowest BCUT2D eigenvalue weighted by molar-refractivity contribution is 0.0527. The van der Waals surface area contributed by atoms with Crippen molar-refractivity contribution >= 4 is 27.7 Å². The predicted molar refractivity (Wildman–Crippen MR) is 130 cm³/mol. The van der Waals surface area contributed by atoms with Gasteiger partial charge in [0.25, 0.3) is 0 Å². The quantitative estimate of drug-likeness (QED) is 0.346. The predicted octanol–water partition coefficient (Wildman–Crippen LogP) is 6.20. The molecular weight excluding hydrogens is 430 g/mol. The van der Waals surface area contributed by atoms with Gasteiger partial charge in [-0.1, -0.05) is 24.3 Å². The zero-order valence-corrected chi connectivity index (χ0v) is 19.3. The summed E-state index contributed by atoms with van der Waals surface area (Å²) >= 11 is 0. The zero-order valence-electron chi connectivity index (χ0n) is 19.3. The van der Waals surface area contributed by atoms with Crippen LogP contribution in [0.4, 0.5) is 0 Å². The van der Waals surface area contributed by atoms with Crippen molar-refractivity contribution in [1.82, 2.24) is 4.98 Å². The SMILES string of the molecule is CCOC(=O)c1coc2c1c(C(CC1CCCOCC1)c1ccncc1)c(O)c1ccccc12. The molecule has 1 N–H and O–H groups in total. The summed E-state index contributed by atoms with van der Waals surface area (Å²) in [6.45, 7) is 3.57. The van der Waals surface area contributed by atoms with Crippen LogP contribution in [0.1, 0.15) is 60.0 Å². The summed E-state index contributed by atoms with van der Waals surface area (Å²) in [5, 5.41) is 13.8. The van der Waals surface area contributed by atoms with E-state index >= 15 is 0 Å². The molecule has 2 unspecified atom stereocenters. The Kier molecular flexibility index (Phi) is 6.50. The Labute approximate surface area is 198 Å². The Morgan fingerprint density at radius 1 is 1.15 bits per heavy atom. The first-order chi connectivity index (χ1) is 16.7. The molecule has 2 aromatic carbocycles. The van der Waals surface area contributed by atoms with Gasteiger partial charge in [-0.2, -0.15) is 0 Å². The summed E-state index contributed by atoms with van der Waals surface area (Å²) in [6.07, 6.45) is 8.88. The monoisotopic (exact) mass is 459 g/mol. The van der Waals surface area contributed by atoms with E-state index in [1.165, 1.54) is 6.26 Å². The van der Waals surface area contributed by atoms with Crippen molar-refractivity contribution in [1.29, 1.82) is 0 Å². The van der Waals surface area contributed by atoms with E-state index in [1.54, 1.807) is 19.3 Å². The molecule has 0 bridgehead atoms. The molecule has 0 aliphatic carbocycles. The van der Waals surface area contributed by atoms with Gasteiger partial charge >= 0.3 is 5.97 Å². The molecule has 6 nitrogen and oxygen atoms in total. The van der Waals surface area contributed by atoms with E-state index in [0.717, 1.165) is 49.8 Å². The van der Waals surface area contributed by atoms with Gasteiger partial charge in [0.05, 0.1) is 6.61 Å². The number of carbonyl (C=O) groups is 1. The largest absolute Gasteiger partial charge is 0.507 e. The Morgan fingerprint density at radius 2 is 1.94 bits per heavy atom. The lowest BCUT2D eigenvalue weighted by Crippen LogP contribution is -2.12. The lowest BCUT2D eigenvalue weighted by atomic mass is 9.78. The normalized spacial score (nSPS) is 17.5. The van der Waals surface area contributed by atoms with Crippen LogP contribution in [0, 0.1) is 5.92 Å². The van der Waals surface area contributed by atoms with Crippen LogP contribution in [0.2, 0.25) is 0 Å². The number of ether oxygens (including phenoxy) is 2. The summed E-state index contributed by atoms with van der Waals surface area (Å²) in [4.78, 5) is 17.1. The molecule has 0 saturated carbocycles. The fourth-order valence-corrected chi connectivity index (χ4v) is 5.23. The molecule has 1 fully saturated rings. The van der Waals surface area contributed by atoms with Crippen LogP contribution < -0.4 is 0 Å². The number of furan rings is 1. The maximum Gasteiger partial charge on any atom is 0.342 e. The number of benzene rings is 2. The number of phenolic OH excluding ortho intramolecular Hbond substituents is 1. The zero-order chi connectivity index (χ0) is 23.5. The van der Waals surface area contributed by atoms with Crippen molar-refractivity contribution in [2.24, 2.45) is 5.92 Å². The molecule has 34 heavy (non-hydrogen) atoms. The van der Waals surface area contributed by atoms with Gasteiger partial charge in [-0.15, -0.1) is 0 Å². The number of phenols is 1. The second-order valence-corrected chi connectivity index (χ2v) is 8.86. The summed E-state index contributed by atoms with van der Waals surface area (Å²) < 4.78 is 17.0. The lowest BCUT2D eigenvalue weighted by Gasteiger charge is -2.25. The topological polar surface area (TPSA) is 81.8 Å². The van der Waals surface area contributed by atoms with E-state index in [1.807, 2.05) is 36.4 Å². The maximum atomic E-state index is 12.9. The Morgan fingerprint density at radius 3 is 2.74 bits per heavy atom. The molecule has 6 heteroatoms. The minimum atomic E-state index is -0.450. The number of rotatable bonds is 6. The van der Waals surface area contributed by atoms with Crippen molar-refractivity contribution in [2.75, 3.05) is 19.8 Å². The maximum absolute atomic E-state index is 12.9. The van der Waals surface area contributed by atoms with E-state index in [4.69, 9.17) is 13.9 Å². The average Bonchev–Trinajstić information content (AvgIpc) is 3.14. The van der Waals surface area contributed by atoms with Gasteiger partial charge < -0.3 is 19.0 Å². The van der Waals surface area contributed by atoms with Crippen molar-refractivity contribution in [3.05, 3.63) is 71.7 Å². The highest BCUT2D eigenvalue weighted by Gasteiger charge is 2.31. The fraction of sp³-hybridized carbons (Fsp3) is 0.357. The molecule has 4 aromatic rings. The summed E-state index contributed by atoms with van der Waals surface area (Å²) in [7, 11) is 0. The first-order valence-corrected chi connectivity index (χ1v) is 12.0. The van der Waals surface area contributed by atoms with E-state index in [9.17, 15) is 9.90 Å². The number of pyridine rings is 1. The van der Waals surface area contributed by atoms with Crippen LogP contribution in [0.25, 0.3) is 21.7 Å². The smallest absolute Gasteiger partial charge is 0.342 e. The van der Waals surface area contributed by atoms with Crippen molar-refractivity contribution in [3.63, 3.8) is 0 Å². The van der Waals surface area contributed by atoms with Gasteiger partial charge in [0, 0.05) is 53.2 Å². The van der Waals surface area contributed by atoms with Gasteiger partial charge in [-0.3, -0.25) is 4.98 Å². The van der Waals surface area contributed by atoms with Gasteiger partial charge in [0.2, 0.25) is 0 Å². The first kappa shape index (κ1) is 22.4. The Balaban J connectivity index is 1.77. The molecule has 5 rings (SSSR count). The Hall–Kier alpha value is -3.38. The number of aromatic hydroxyl groups is 1. The molecule has 0 spiro atoms. The summed E-state index contributed by atoms with van der Waals surface area (Å²) in [5.41, 5.74) is 2.69. The number of hydrogen-bond acceptors (Lipinski definition) is 6. The minimum absolute atomic E-state index is 0.149. The number of aromatic nitrogens is 1. The van der Waals surface area contributed by atoms with Crippen LogP contribution in [0.3, 0.4) is 0 Å². The van der Waals surface area contributed by atoms with Crippen molar-refractivity contribution < 1.29 is 23.8 Å². The number of nitrogens with zero attached hydrogens (tertiary/aromatic N) is 1. The molecular formula is C28H29NO5. The molecule has 1 aliphatic heterocycles. The van der Waals surface area contributed by atoms with E-state index in [0.29, 0.717) is 33.4 Å². The third-order valence-electron chi connectivity index (χ3n) is 6.84. The van der Waals surface area contributed by atoms with Crippen LogP contribution >= 0.6 is 0 Å². The second-order valence-electron chi connectivity index (χ2n) is 8.86. The molecule has 3 heterocycles. The van der Waals surface area contributed by atoms with Crippen molar-refractivity contribution in [3.8, 4) is 5.75 Å². The van der Waals surface area contributed by atoms with Gasteiger partial charge in [0.1, 0.15) is 23.2 Å². The first-order valence-electron chi connectivity index (χ1n) is 12.0. The standard InChI is InChI=1S/C28H29NO5/c1-2-33-28(31)23-17-34-27-21-8-4-3-7-20(21)26(30)24(25(23)27)22(19-9-12-29-13-10-19)16-18-6-5-14-32-15-11-18/h3-4,7-10,12-13,17-18,22,30H,2,5-6,11,14-16H2,1H3. The average molecular weight is 460 g/mol. The van der Waals surface area contributed by atoms with Crippen LogP contribution in [0.15, 0.2) is 59.5 Å². The molecule has 0 radical (unpaired) electrons. The third-order valence-corrected chi connectivity index (χ3v) is 6.84.